The topological polar surface area (TPSA) is 102 Å². The summed E-state index contributed by atoms with van der Waals surface area (Å²) in [6, 6.07) is 8.43. The number of carbonyl (C=O) groups excluding carboxylic acids is 2. The summed E-state index contributed by atoms with van der Waals surface area (Å²) in [5.74, 6) is -1.42. The number of benzene rings is 1. The molecule has 0 radical (unpaired) electrons. The Kier molecular flexibility index (Phi) is 6.18. The van der Waals surface area contributed by atoms with Gasteiger partial charge in [-0.05, 0) is 38.5 Å². The maximum atomic E-state index is 11.9. The molecule has 8 heteroatoms. The third-order valence-electron chi connectivity index (χ3n) is 5.40. The molecule has 2 aliphatic rings. The Bertz CT molecular complexity index is 741. The summed E-state index contributed by atoms with van der Waals surface area (Å²) in [5.41, 5.74) is 2.00. The SMILES string of the molecule is C[C@@H]1CN(CC(=O)O)C[C@H](C)N1c1cccc(NC[C@@H]2CCC(=O)NC2=O)c1. The molecule has 152 valence electrons. The van der Waals surface area contributed by atoms with Crippen molar-refractivity contribution in [1.82, 2.24) is 10.2 Å². The summed E-state index contributed by atoms with van der Waals surface area (Å²) < 4.78 is 0. The molecule has 28 heavy (non-hydrogen) atoms. The van der Waals surface area contributed by atoms with Gasteiger partial charge in [-0.2, -0.15) is 0 Å². The molecule has 3 N–H and O–H groups in total. The molecule has 0 aliphatic carbocycles. The van der Waals surface area contributed by atoms with Gasteiger partial charge in [-0.3, -0.25) is 24.6 Å². The van der Waals surface area contributed by atoms with Crippen LogP contribution in [0.5, 0.6) is 0 Å². The van der Waals surface area contributed by atoms with E-state index >= 15 is 0 Å². The van der Waals surface area contributed by atoms with Crippen molar-refractivity contribution in [2.45, 2.75) is 38.8 Å². The van der Waals surface area contributed by atoms with Crippen LogP contribution in [0.25, 0.3) is 0 Å². The first-order chi connectivity index (χ1) is 13.3. The second-order valence-corrected chi connectivity index (χ2v) is 7.77. The van der Waals surface area contributed by atoms with Crippen LogP contribution in [0.15, 0.2) is 24.3 Å². The zero-order valence-electron chi connectivity index (χ0n) is 16.4. The highest BCUT2D eigenvalue weighted by atomic mass is 16.4. The number of aliphatic carboxylic acids is 1. The van der Waals surface area contributed by atoms with Crippen molar-refractivity contribution in [1.29, 1.82) is 0 Å². The number of rotatable bonds is 6. The fraction of sp³-hybridized carbons (Fsp3) is 0.550. The summed E-state index contributed by atoms with van der Waals surface area (Å²) in [7, 11) is 0. The molecule has 2 fully saturated rings. The number of anilines is 2. The molecule has 0 saturated carbocycles. The van der Waals surface area contributed by atoms with Crippen molar-refractivity contribution in [3.05, 3.63) is 24.3 Å². The van der Waals surface area contributed by atoms with Crippen molar-refractivity contribution >= 4 is 29.2 Å². The average molecular weight is 388 g/mol. The van der Waals surface area contributed by atoms with Crippen molar-refractivity contribution in [3.8, 4) is 0 Å². The monoisotopic (exact) mass is 388 g/mol. The number of nitrogens with zero attached hydrogens (tertiary/aromatic N) is 2. The predicted octanol–water partition coefficient (Wildman–Crippen LogP) is 1.13. The van der Waals surface area contributed by atoms with Gasteiger partial charge in [-0.25, -0.2) is 0 Å². The number of carbonyl (C=O) groups is 3. The maximum Gasteiger partial charge on any atom is 0.317 e. The van der Waals surface area contributed by atoms with Crippen LogP contribution in [0.1, 0.15) is 26.7 Å². The van der Waals surface area contributed by atoms with Crippen molar-refractivity contribution in [3.63, 3.8) is 0 Å². The summed E-state index contributed by atoms with van der Waals surface area (Å²) in [6.07, 6.45) is 0.949. The van der Waals surface area contributed by atoms with Gasteiger partial charge in [0, 0.05) is 49.5 Å². The van der Waals surface area contributed by atoms with Gasteiger partial charge in [0.1, 0.15) is 0 Å². The Morgan fingerprint density at radius 2 is 1.96 bits per heavy atom. The van der Waals surface area contributed by atoms with E-state index in [2.05, 4.69) is 41.5 Å². The smallest absolute Gasteiger partial charge is 0.317 e. The van der Waals surface area contributed by atoms with Crippen LogP contribution in [0.4, 0.5) is 11.4 Å². The van der Waals surface area contributed by atoms with E-state index < -0.39 is 5.97 Å². The van der Waals surface area contributed by atoms with Gasteiger partial charge in [-0.15, -0.1) is 0 Å². The van der Waals surface area contributed by atoms with E-state index in [0.717, 1.165) is 11.4 Å². The quantitative estimate of drug-likeness (QED) is 0.628. The minimum atomic E-state index is -0.799. The van der Waals surface area contributed by atoms with E-state index in [-0.39, 0.29) is 36.4 Å². The minimum absolute atomic E-state index is 0.0655. The van der Waals surface area contributed by atoms with E-state index in [1.807, 2.05) is 17.0 Å². The third kappa shape index (κ3) is 4.81. The van der Waals surface area contributed by atoms with Gasteiger partial charge in [0.15, 0.2) is 0 Å². The minimum Gasteiger partial charge on any atom is -0.480 e. The molecule has 0 spiro atoms. The fourth-order valence-electron chi connectivity index (χ4n) is 4.21. The van der Waals surface area contributed by atoms with E-state index in [4.69, 9.17) is 5.11 Å². The van der Waals surface area contributed by atoms with Crippen LogP contribution < -0.4 is 15.5 Å². The lowest BCUT2D eigenvalue weighted by Gasteiger charge is -2.45. The van der Waals surface area contributed by atoms with E-state index in [1.54, 1.807) is 0 Å². The molecule has 0 bridgehead atoms. The van der Waals surface area contributed by atoms with E-state index in [1.165, 1.54) is 0 Å². The Hall–Kier alpha value is -2.61. The summed E-state index contributed by atoms with van der Waals surface area (Å²) in [6.45, 7) is 6.16. The number of piperazine rings is 1. The van der Waals surface area contributed by atoms with Crippen molar-refractivity contribution in [2.75, 3.05) is 36.4 Å². The Morgan fingerprint density at radius 3 is 2.61 bits per heavy atom. The molecule has 3 atom stereocenters. The lowest BCUT2D eigenvalue weighted by Crippen LogP contribution is -2.57. The number of amides is 2. The van der Waals surface area contributed by atoms with Crippen LogP contribution in [-0.2, 0) is 14.4 Å². The molecule has 2 amide bonds. The zero-order valence-corrected chi connectivity index (χ0v) is 16.4. The molecule has 0 unspecified atom stereocenters. The van der Waals surface area contributed by atoms with Gasteiger partial charge in [0.05, 0.1) is 12.5 Å². The predicted molar refractivity (Wildman–Crippen MR) is 106 cm³/mol. The Labute approximate surface area is 164 Å². The van der Waals surface area contributed by atoms with E-state index in [9.17, 15) is 14.4 Å². The molecule has 8 nitrogen and oxygen atoms in total. The van der Waals surface area contributed by atoms with Gasteiger partial charge >= 0.3 is 5.97 Å². The molecule has 2 saturated heterocycles. The van der Waals surface area contributed by atoms with Crippen LogP contribution in [0, 0.1) is 5.92 Å². The molecular weight excluding hydrogens is 360 g/mol. The van der Waals surface area contributed by atoms with Crippen LogP contribution in [-0.4, -0.2) is 66.1 Å². The molecule has 2 heterocycles. The highest BCUT2D eigenvalue weighted by Gasteiger charge is 2.30. The highest BCUT2D eigenvalue weighted by molar-refractivity contribution is 5.98. The Balaban J connectivity index is 1.63. The van der Waals surface area contributed by atoms with Crippen LogP contribution in [0.3, 0.4) is 0 Å². The molecule has 1 aromatic carbocycles. The summed E-state index contributed by atoms with van der Waals surface area (Å²) >= 11 is 0. The first kappa shape index (κ1) is 20.1. The third-order valence-corrected chi connectivity index (χ3v) is 5.40. The van der Waals surface area contributed by atoms with Crippen LogP contribution in [0.2, 0.25) is 0 Å². The molecular formula is C20H28N4O4. The van der Waals surface area contributed by atoms with E-state index in [0.29, 0.717) is 32.5 Å². The van der Waals surface area contributed by atoms with Gasteiger partial charge in [0.2, 0.25) is 11.8 Å². The largest absolute Gasteiger partial charge is 0.480 e. The number of piperidine rings is 1. The number of hydrogen-bond acceptors (Lipinski definition) is 6. The Morgan fingerprint density at radius 1 is 1.25 bits per heavy atom. The number of carboxylic acids is 1. The van der Waals surface area contributed by atoms with Gasteiger partial charge in [-0.1, -0.05) is 6.07 Å². The zero-order chi connectivity index (χ0) is 20.3. The average Bonchev–Trinajstić information content (AvgIpc) is 2.60. The standard InChI is InChI=1S/C20H28N4O4/c1-13-10-23(12-19(26)27)11-14(2)24(13)17-5-3-4-16(8-17)21-9-15-6-7-18(25)22-20(15)28/h3-5,8,13-15,21H,6-7,9-12H2,1-2H3,(H,26,27)(H,22,25,28)/t13-,14+,15-/m0/s1. The maximum absolute atomic E-state index is 11.9. The highest BCUT2D eigenvalue weighted by Crippen LogP contribution is 2.27. The number of imide groups is 1. The molecule has 1 aromatic rings. The van der Waals surface area contributed by atoms with Gasteiger partial charge < -0.3 is 15.3 Å². The fourth-order valence-corrected chi connectivity index (χ4v) is 4.21. The molecule has 2 aliphatic heterocycles. The van der Waals surface area contributed by atoms with Crippen molar-refractivity contribution < 1.29 is 19.5 Å². The van der Waals surface area contributed by atoms with Crippen LogP contribution >= 0.6 is 0 Å². The normalized spacial score (nSPS) is 26.1. The second kappa shape index (κ2) is 8.60. The number of carboxylic acid groups (broad SMARTS) is 1. The second-order valence-electron chi connectivity index (χ2n) is 7.77. The first-order valence-electron chi connectivity index (χ1n) is 9.73. The lowest BCUT2D eigenvalue weighted by atomic mass is 9.98. The van der Waals surface area contributed by atoms with Gasteiger partial charge in [0.25, 0.3) is 0 Å². The molecule has 3 rings (SSSR count). The lowest BCUT2D eigenvalue weighted by molar-refractivity contribution is -0.139. The molecule has 0 aromatic heterocycles. The first-order valence-corrected chi connectivity index (χ1v) is 9.73. The summed E-state index contributed by atoms with van der Waals surface area (Å²) in [5, 5.41) is 14.7. The van der Waals surface area contributed by atoms with Crippen molar-refractivity contribution in [2.24, 2.45) is 5.92 Å². The summed E-state index contributed by atoms with van der Waals surface area (Å²) in [4.78, 5) is 38.5. The number of hydrogen-bond donors (Lipinski definition) is 3. The number of nitrogens with one attached hydrogen (secondary N) is 2.